The third-order valence-electron chi connectivity index (χ3n) is 2.92. The standard InChI is InChI=1S/C14H16BrClN2O/c1-8(2)18-13(12(16)7-17-18)14(19)10-4-9(3)5-11(15)6-10/h4-8,14,19H,1-3H3. The number of hydrogen-bond acceptors (Lipinski definition) is 2. The minimum atomic E-state index is -0.784. The molecule has 1 aromatic carbocycles. The van der Waals surface area contributed by atoms with E-state index >= 15 is 0 Å². The van der Waals surface area contributed by atoms with E-state index in [4.69, 9.17) is 11.6 Å². The third-order valence-corrected chi connectivity index (χ3v) is 3.66. The van der Waals surface area contributed by atoms with Gasteiger partial charge in [-0.1, -0.05) is 33.6 Å². The van der Waals surface area contributed by atoms with E-state index in [1.807, 2.05) is 39.0 Å². The maximum absolute atomic E-state index is 10.6. The highest BCUT2D eigenvalue weighted by molar-refractivity contribution is 9.10. The number of benzene rings is 1. The Hall–Kier alpha value is -0.840. The van der Waals surface area contributed by atoms with Gasteiger partial charge in [0.25, 0.3) is 0 Å². The topological polar surface area (TPSA) is 38.1 Å². The molecule has 0 saturated carbocycles. The first kappa shape index (κ1) is 14.6. The molecule has 0 spiro atoms. The lowest BCUT2D eigenvalue weighted by molar-refractivity contribution is 0.205. The van der Waals surface area contributed by atoms with Crippen molar-refractivity contribution in [2.45, 2.75) is 32.9 Å². The lowest BCUT2D eigenvalue weighted by Crippen LogP contribution is -2.12. The van der Waals surface area contributed by atoms with Gasteiger partial charge in [0.15, 0.2) is 0 Å². The van der Waals surface area contributed by atoms with Gasteiger partial charge in [-0.25, -0.2) is 0 Å². The molecule has 1 atom stereocenters. The van der Waals surface area contributed by atoms with E-state index in [0.717, 1.165) is 15.6 Å². The van der Waals surface area contributed by atoms with Gasteiger partial charge in [0, 0.05) is 10.5 Å². The Kier molecular flexibility index (Phi) is 4.33. The molecule has 0 aliphatic rings. The SMILES string of the molecule is Cc1cc(Br)cc(C(O)c2c(Cl)cnn2C(C)C)c1. The molecular formula is C14H16BrClN2O. The van der Waals surface area contributed by atoms with Crippen LogP contribution in [0.2, 0.25) is 5.02 Å². The van der Waals surface area contributed by atoms with E-state index in [1.54, 1.807) is 10.9 Å². The zero-order valence-corrected chi connectivity index (χ0v) is 13.4. The minimum Gasteiger partial charge on any atom is -0.382 e. The Morgan fingerprint density at radius 3 is 2.58 bits per heavy atom. The maximum atomic E-state index is 10.6. The summed E-state index contributed by atoms with van der Waals surface area (Å²) in [5.41, 5.74) is 2.51. The van der Waals surface area contributed by atoms with Crippen LogP contribution in [0.3, 0.4) is 0 Å². The molecule has 2 aromatic rings. The van der Waals surface area contributed by atoms with Gasteiger partial charge in [-0.3, -0.25) is 4.68 Å². The molecule has 0 aliphatic heterocycles. The Bertz CT molecular complexity index is 575. The first-order chi connectivity index (χ1) is 8.90. The maximum Gasteiger partial charge on any atom is 0.122 e. The van der Waals surface area contributed by atoms with Crippen LogP contribution in [0.1, 0.15) is 42.8 Å². The number of aryl methyl sites for hydroxylation is 1. The van der Waals surface area contributed by atoms with Crippen molar-refractivity contribution in [1.82, 2.24) is 9.78 Å². The summed E-state index contributed by atoms with van der Waals surface area (Å²) in [4.78, 5) is 0. The van der Waals surface area contributed by atoms with Gasteiger partial charge in [-0.2, -0.15) is 5.10 Å². The summed E-state index contributed by atoms with van der Waals surface area (Å²) < 4.78 is 2.69. The third kappa shape index (κ3) is 3.02. The number of aliphatic hydroxyl groups excluding tert-OH is 1. The molecule has 3 nitrogen and oxygen atoms in total. The monoisotopic (exact) mass is 342 g/mol. The molecule has 0 fully saturated rings. The van der Waals surface area contributed by atoms with Crippen LogP contribution >= 0.6 is 27.5 Å². The van der Waals surface area contributed by atoms with Crippen LogP contribution in [-0.4, -0.2) is 14.9 Å². The Morgan fingerprint density at radius 1 is 1.32 bits per heavy atom. The lowest BCUT2D eigenvalue weighted by Gasteiger charge is -2.17. The molecule has 5 heteroatoms. The van der Waals surface area contributed by atoms with Crippen LogP contribution in [0.25, 0.3) is 0 Å². The largest absolute Gasteiger partial charge is 0.382 e. The normalized spacial score (nSPS) is 13.0. The summed E-state index contributed by atoms with van der Waals surface area (Å²) in [7, 11) is 0. The minimum absolute atomic E-state index is 0.144. The van der Waals surface area contributed by atoms with E-state index in [2.05, 4.69) is 21.0 Å². The number of rotatable bonds is 3. The number of aromatic nitrogens is 2. The summed E-state index contributed by atoms with van der Waals surface area (Å²) in [5.74, 6) is 0. The van der Waals surface area contributed by atoms with Crippen molar-refractivity contribution in [1.29, 1.82) is 0 Å². The van der Waals surface area contributed by atoms with Crippen molar-refractivity contribution in [3.8, 4) is 0 Å². The quantitative estimate of drug-likeness (QED) is 0.903. The fraction of sp³-hybridized carbons (Fsp3) is 0.357. The summed E-state index contributed by atoms with van der Waals surface area (Å²) in [6, 6.07) is 5.98. The van der Waals surface area contributed by atoms with Crippen molar-refractivity contribution < 1.29 is 5.11 Å². The average Bonchev–Trinajstić information content (AvgIpc) is 2.69. The number of halogens is 2. The second-order valence-electron chi connectivity index (χ2n) is 4.88. The fourth-order valence-corrected chi connectivity index (χ4v) is 2.96. The number of hydrogen-bond donors (Lipinski definition) is 1. The highest BCUT2D eigenvalue weighted by Gasteiger charge is 2.21. The van der Waals surface area contributed by atoms with Crippen LogP contribution in [0, 0.1) is 6.92 Å². The van der Waals surface area contributed by atoms with Gasteiger partial charge in [0.1, 0.15) is 6.10 Å². The van der Waals surface area contributed by atoms with E-state index in [0.29, 0.717) is 10.7 Å². The van der Waals surface area contributed by atoms with Crippen molar-refractivity contribution in [2.24, 2.45) is 0 Å². The van der Waals surface area contributed by atoms with Crippen LogP contribution in [0.5, 0.6) is 0 Å². The van der Waals surface area contributed by atoms with Crippen molar-refractivity contribution >= 4 is 27.5 Å². The van der Waals surface area contributed by atoms with Crippen LogP contribution in [0.4, 0.5) is 0 Å². The Balaban J connectivity index is 2.49. The zero-order chi connectivity index (χ0) is 14.2. The molecule has 0 amide bonds. The predicted molar refractivity (Wildman–Crippen MR) is 80.6 cm³/mol. The van der Waals surface area contributed by atoms with Gasteiger partial charge in [-0.15, -0.1) is 0 Å². The van der Waals surface area contributed by atoms with Gasteiger partial charge in [0.2, 0.25) is 0 Å². The summed E-state index contributed by atoms with van der Waals surface area (Å²) in [5, 5.41) is 15.3. The molecule has 0 saturated heterocycles. The first-order valence-electron chi connectivity index (χ1n) is 6.08. The smallest absolute Gasteiger partial charge is 0.122 e. The summed E-state index contributed by atoms with van der Waals surface area (Å²) in [6.45, 7) is 6.00. The molecule has 0 aliphatic carbocycles. The molecular weight excluding hydrogens is 328 g/mol. The second-order valence-corrected chi connectivity index (χ2v) is 6.20. The zero-order valence-electron chi connectivity index (χ0n) is 11.1. The van der Waals surface area contributed by atoms with Crippen molar-refractivity contribution in [2.75, 3.05) is 0 Å². The Labute approximate surface area is 126 Å². The highest BCUT2D eigenvalue weighted by Crippen LogP contribution is 2.31. The molecule has 19 heavy (non-hydrogen) atoms. The predicted octanol–water partition coefficient (Wildman–Crippen LogP) is 4.27. The van der Waals surface area contributed by atoms with Crippen LogP contribution in [0.15, 0.2) is 28.9 Å². The molecule has 0 bridgehead atoms. The van der Waals surface area contributed by atoms with Crippen LogP contribution in [-0.2, 0) is 0 Å². The molecule has 102 valence electrons. The van der Waals surface area contributed by atoms with Crippen LogP contribution < -0.4 is 0 Å². The number of nitrogens with zero attached hydrogens (tertiary/aromatic N) is 2. The summed E-state index contributed by atoms with van der Waals surface area (Å²) >= 11 is 9.60. The lowest BCUT2D eigenvalue weighted by atomic mass is 10.0. The molecule has 1 N–H and O–H groups in total. The Morgan fingerprint density at radius 2 is 2.00 bits per heavy atom. The van der Waals surface area contributed by atoms with Gasteiger partial charge in [0.05, 0.1) is 16.9 Å². The van der Waals surface area contributed by atoms with E-state index in [9.17, 15) is 5.11 Å². The highest BCUT2D eigenvalue weighted by atomic mass is 79.9. The van der Waals surface area contributed by atoms with E-state index in [-0.39, 0.29) is 6.04 Å². The number of aliphatic hydroxyl groups is 1. The molecule has 1 aromatic heterocycles. The second kappa shape index (κ2) is 5.65. The van der Waals surface area contributed by atoms with Gasteiger partial charge in [-0.05, 0) is 44.0 Å². The van der Waals surface area contributed by atoms with Gasteiger partial charge < -0.3 is 5.11 Å². The first-order valence-corrected chi connectivity index (χ1v) is 7.25. The molecule has 0 radical (unpaired) electrons. The molecule has 1 heterocycles. The van der Waals surface area contributed by atoms with E-state index < -0.39 is 6.10 Å². The van der Waals surface area contributed by atoms with Crippen molar-refractivity contribution in [3.05, 3.63) is 50.7 Å². The fourth-order valence-electron chi connectivity index (χ4n) is 2.10. The van der Waals surface area contributed by atoms with Crippen molar-refractivity contribution in [3.63, 3.8) is 0 Å². The van der Waals surface area contributed by atoms with Gasteiger partial charge >= 0.3 is 0 Å². The average molecular weight is 344 g/mol. The summed E-state index contributed by atoms with van der Waals surface area (Å²) in [6.07, 6.45) is 0.791. The molecule has 1 unspecified atom stereocenters. The van der Waals surface area contributed by atoms with E-state index in [1.165, 1.54) is 0 Å². The molecule has 2 rings (SSSR count).